The molecule has 0 aliphatic heterocycles. The van der Waals surface area contributed by atoms with Crippen molar-refractivity contribution in [2.24, 2.45) is 0 Å². The van der Waals surface area contributed by atoms with Crippen LogP contribution >= 0.6 is 0 Å². The van der Waals surface area contributed by atoms with Crippen LogP contribution in [0.2, 0.25) is 0 Å². The van der Waals surface area contributed by atoms with E-state index in [1.54, 1.807) is 6.26 Å². The summed E-state index contributed by atoms with van der Waals surface area (Å²) in [7, 11) is 0. The van der Waals surface area contributed by atoms with Crippen molar-refractivity contribution in [3.63, 3.8) is 0 Å². The molecular formula is C16H15NO2. The SMILES string of the molecule is CCOc1ccc(-c2ccco2)cc1-n1cccc1. The van der Waals surface area contributed by atoms with Crippen molar-refractivity contribution in [2.45, 2.75) is 6.92 Å². The number of aromatic nitrogens is 1. The Morgan fingerprint density at radius 1 is 1.11 bits per heavy atom. The summed E-state index contributed by atoms with van der Waals surface area (Å²) in [5.41, 5.74) is 2.05. The number of ether oxygens (including phenoxy) is 1. The maximum atomic E-state index is 5.68. The van der Waals surface area contributed by atoms with Crippen molar-refractivity contribution in [2.75, 3.05) is 6.61 Å². The molecule has 2 heterocycles. The molecule has 0 radical (unpaired) electrons. The highest BCUT2D eigenvalue weighted by Gasteiger charge is 2.09. The molecule has 0 bridgehead atoms. The summed E-state index contributed by atoms with van der Waals surface area (Å²) in [6.07, 6.45) is 5.69. The Hall–Kier alpha value is -2.42. The third kappa shape index (κ3) is 2.27. The van der Waals surface area contributed by atoms with Crippen LogP contribution < -0.4 is 4.74 Å². The average molecular weight is 253 g/mol. The Labute approximate surface area is 112 Å². The van der Waals surface area contributed by atoms with Gasteiger partial charge in [-0.2, -0.15) is 0 Å². The topological polar surface area (TPSA) is 27.3 Å². The fourth-order valence-electron chi connectivity index (χ4n) is 2.09. The third-order valence-corrected chi connectivity index (χ3v) is 2.95. The van der Waals surface area contributed by atoms with Crippen LogP contribution in [0.25, 0.3) is 17.0 Å². The molecule has 2 aromatic heterocycles. The first-order valence-corrected chi connectivity index (χ1v) is 6.32. The van der Waals surface area contributed by atoms with E-state index in [-0.39, 0.29) is 0 Å². The van der Waals surface area contributed by atoms with Gasteiger partial charge in [0.2, 0.25) is 0 Å². The highest BCUT2D eigenvalue weighted by Crippen LogP contribution is 2.29. The summed E-state index contributed by atoms with van der Waals surface area (Å²) >= 11 is 0. The van der Waals surface area contributed by atoms with Crippen molar-refractivity contribution in [3.8, 4) is 22.8 Å². The summed E-state index contributed by atoms with van der Waals surface area (Å²) < 4.78 is 13.2. The molecule has 0 amide bonds. The molecular weight excluding hydrogens is 238 g/mol. The van der Waals surface area contributed by atoms with Crippen molar-refractivity contribution >= 4 is 0 Å². The average Bonchev–Trinajstić information content (AvgIpc) is 3.13. The summed E-state index contributed by atoms with van der Waals surface area (Å²) in [6, 6.07) is 13.9. The summed E-state index contributed by atoms with van der Waals surface area (Å²) in [5, 5.41) is 0. The highest BCUT2D eigenvalue weighted by molar-refractivity contribution is 5.64. The lowest BCUT2D eigenvalue weighted by atomic mass is 10.1. The minimum Gasteiger partial charge on any atom is -0.492 e. The maximum Gasteiger partial charge on any atom is 0.143 e. The molecule has 0 atom stereocenters. The van der Waals surface area contributed by atoms with Gasteiger partial charge in [-0.05, 0) is 49.4 Å². The van der Waals surface area contributed by atoms with E-state index in [4.69, 9.17) is 9.15 Å². The molecule has 0 fully saturated rings. The summed E-state index contributed by atoms with van der Waals surface area (Å²) in [4.78, 5) is 0. The largest absolute Gasteiger partial charge is 0.492 e. The van der Waals surface area contributed by atoms with Crippen LogP contribution in [0, 0.1) is 0 Å². The van der Waals surface area contributed by atoms with E-state index < -0.39 is 0 Å². The Morgan fingerprint density at radius 3 is 2.63 bits per heavy atom. The Morgan fingerprint density at radius 2 is 1.95 bits per heavy atom. The molecule has 3 aromatic rings. The quantitative estimate of drug-likeness (QED) is 0.699. The van der Waals surface area contributed by atoms with E-state index in [1.165, 1.54) is 0 Å². The van der Waals surface area contributed by atoms with Gasteiger partial charge in [0.1, 0.15) is 11.5 Å². The highest BCUT2D eigenvalue weighted by atomic mass is 16.5. The number of nitrogens with zero attached hydrogens (tertiary/aromatic N) is 1. The molecule has 3 nitrogen and oxygen atoms in total. The van der Waals surface area contributed by atoms with Crippen molar-refractivity contribution < 1.29 is 9.15 Å². The second kappa shape index (κ2) is 5.06. The van der Waals surface area contributed by atoms with E-state index in [9.17, 15) is 0 Å². The van der Waals surface area contributed by atoms with Gasteiger partial charge in [-0.3, -0.25) is 0 Å². The lowest BCUT2D eigenvalue weighted by molar-refractivity contribution is 0.339. The molecule has 96 valence electrons. The smallest absolute Gasteiger partial charge is 0.143 e. The zero-order chi connectivity index (χ0) is 13.1. The minimum atomic E-state index is 0.647. The molecule has 3 rings (SSSR count). The Kier molecular flexibility index (Phi) is 3.11. The van der Waals surface area contributed by atoms with E-state index in [1.807, 2.05) is 60.3 Å². The second-order valence-corrected chi connectivity index (χ2v) is 4.18. The van der Waals surface area contributed by atoms with Crippen LogP contribution in [0.3, 0.4) is 0 Å². The number of rotatable bonds is 4. The number of hydrogen-bond donors (Lipinski definition) is 0. The van der Waals surface area contributed by atoms with E-state index in [0.717, 1.165) is 22.8 Å². The van der Waals surface area contributed by atoms with Gasteiger partial charge < -0.3 is 13.7 Å². The minimum absolute atomic E-state index is 0.647. The van der Waals surface area contributed by atoms with Gasteiger partial charge >= 0.3 is 0 Å². The van der Waals surface area contributed by atoms with Gasteiger partial charge in [0, 0.05) is 18.0 Å². The Bertz CT molecular complexity index is 639. The molecule has 0 aliphatic carbocycles. The number of furan rings is 1. The fourth-order valence-corrected chi connectivity index (χ4v) is 2.09. The van der Waals surface area contributed by atoms with Crippen LogP contribution in [0.5, 0.6) is 5.75 Å². The molecule has 3 heteroatoms. The van der Waals surface area contributed by atoms with E-state index >= 15 is 0 Å². The van der Waals surface area contributed by atoms with Gasteiger partial charge in [0.15, 0.2) is 0 Å². The van der Waals surface area contributed by atoms with Gasteiger partial charge in [0.25, 0.3) is 0 Å². The molecule has 0 spiro atoms. The zero-order valence-corrected chi connectivity index (χ0v) is 10.7. The lowest BCUT2D eigenvalue weighted by Gasteiger charge is -2.12. The number of benzene rings is 1. The maximum absolute atomic E-state index is 5.68. The van der Waals surface area contributed by atoms with Gasteiger partial charge in [-0.25, -0.2) is 0 Å². The molecule has 0 unspecified atom stereocenters. The lowest BCUT2D eigenvalue weighted by Crippen LogP contribution is -1.99. The van der Waals surface area contributed by atoms with Gasteiger partial charge in [-0.15, -0.1) is 0 Å². The van der Waals surface area contributed by atoms with Crippen LogP contribution in [0.4, 0.5) is 0 Å². The first-order valence-electron chi connectivity index (χ1n) is 6.32. The standard InChI is InChI=1S/C16H15NO2/c1-2-18-16-8-7-13(15-6-5-11-19-15)12-14(16)17-9-3-4-10-17/h3-12H,2H2,1H3. The van der Waals surface area contributed by atoms with Gasteiger partial charge in [-0.1, -0.05) is 0 Å². The molecule has 1 aromatic carbocycles. The van der Waals surface area contributed by atoms with Crippen LogP contribution in [-0.4, -0.2) is 11.2 Å². The molecule has 0 aliphatic rings. The third-order valence-electron chi connectivity index (χ3n) is 2.95. The monoisotopic (exact) mass is 253 g/mol. The fraction of sp³-hybridized carbons (Fsp3) is 0.125. The first-order chi connectivity index (χ1) is 9.38. The molecule has 19 heavy (non-hydrogen) atoms. The zero-order valence-electron chi connectivity index (χ0n) is 10.7. The van der Waals surface area contributed by atoms with Crippen LogP contribution in [0.1, 0.15) is 6.92 Å². The van der Waals surface area contributed by atoms with Crippen LogP contribution in [0.15, 0.2) is 65.5 Å². The Balaban J connectivity index is 2.10. The van der Waals surface area contributed by atoms with Crippen molar-refractivity contribution in [1.82, 2.24) is 4.57 Å². The first kappa shape index (κ1) is 11.7. The summed E-state index contributed by atoms with van der Waals surface area (Å²) in [6.45, 7) is 2.63. The van der Waals surface area contributed by atoms with E-state index in [2.05, 4.69) is 6.07 Å². The van der Waals surface area contributed by atoms with Gasteiger partial charge in [0.05, 0.1) is 18.6 Å². The van der Waals surface area contributed by atoms with Crippen molar-refractivity contribution in [1.29, 1.82) is 0 Å². The van der Waals surface area contributed by atoms with E-state index in [0.29, 0.717) is 6.61 Å². The predicted octanol–water partition coefficient (Wildman–Crippen LogP) is 4.14. The predicted molar refractivity (Wildman–Crippen MR) is 74.6 cm³/mol. The van der Waals surface area contributed by atoms with Crippen LogP contribution in [-0.2, 0) is 0 Å². The molecule has 0 N–H and O–H groups in total. The normalized spacial score (nSPS) is 10.6. The summed E-state index contributed by atoms with van der Waals surface area (Å²) in [5.74, 6) is 1.73. The van der Waals surface area contributed by atoms with Crippen molar-refractivity contribution in [3.05, 3.63) is 61.1 Å². The molecule has 0 saturated heterocycles. The molecule has 0 saturated carbocycles. The second-order valence-electron chi connectivity index (χ2n) is 4.18. The number of hydrogen-bond acceptors (Lipinski definition) is 2.